The minimum Gasteiger partial charge on any atom is -0.324 e. The summed E-state index contributed by atoms with van der Waals surface area (Å²) in [6, 6.07) is 0.259. The predicted octanol–water partition coefficient (Wildman–Crippen LogP) is 2.72. The van der Waals surface area contributed by atoms with Crippen molar-refractivity contribution in [3.8, 4) is 0 Å². The van der Waals surface area contributed by atoms with E-state index in [2.05, 4.69) is 33.8 Å². The molecule has 2 unspecified atom stereocenters. The number of rotatable bonds is 4. The quantitative estimate of drug-likeness (QED) is 0.621. The van der Waals surface area contributed by atoms with Crippen LogP contribution in [0.25, 0.3) is 0 Å². The maximum absolute atomic E-state index is 5.87. The molecule has 0 bridgehead atoms. The van der Waals surface area contributed by atoms with Crippen molar-refractivity contribution in [2.45, 2.75) is 46.6 Å². The largest absolute Gasteiger partial charge is 0.324 e. The van der Waals surface area contributed by atoms with E-state index in [-0.39, 0.29) is 6.04 Å². The fourth-order valence-electron chi connectivity index (χ4n) is 1.13. The second-order valence-electron chi connectivity index (χ2n) is 3.66. The van der Waals surface area contributed by atoms with Gasteiger partial charge in [0, 0.05) is 6.04 Å². The third kappa shape index (κ3) is 6.11. The average Bonchev–Trinajstić information content (AvgIpc) is 1.85. The van der Waals surface area contributed by atoms with Gasteiger partial charge >= 0.3 is 0 Å². The van der Waals surface area contributed by atoms with Crippen LogP contribution in [-0.2, 0) is 0 Å². The fourth-order valence-corrected chi connectivity index (χ4v) is 1.13. The van der Waals surface area contributed by atoms with Crippen LogP contribution in [0.5, 0.6) is 0 Å². The van der Waals surface area contributed by atoms with Crippen LogP contribution in [-0.4, -0.2) is 6.04 Å². The number of hydrogen-bond donors (Lipinski definition) is 1. The van der Waals surface area contributed by atoms with Crippen molar-refractivity contribution in [3.63, 3.8) is 0 Å². The molecule has 0 aromatic carbocycles. The third-order valence-electron chi connectivity index (χ3n) is 1.92. The maximum atomic E-state index is 5.87. The van der Waals surface area contributed by atoms with Crippen LogP contribution in [0.15, 0.2) is 11.6 Å². The molecule has 0 amide bonds. The van der Waals surface area contributed by atoms with Crippen molar-refractivity contribution in [2.24, 2.45) is 11.7 Å². The summed E-state index contributed by atoms with van der Waals surface area (Å²) >= 11 is 0. The molecule has 0 aliphatic heterocycles. The molecule has 66 valence electrons. The van der Waals surface area contributed by atoms with Gasteiger partial charge in [0.25, 0.3) is 0 Å². The molecule has 0 aromatic heterocycles. The minimum atomic E-state index is 0.259. The summed E-state index contributed by atoms with van der Waals surface area (Å²) in [7, 11) is 0. The topological polar surface area (TPSA) is 26.0 Å². The Kier molecular flexibility index (Phi) is 5.22. The van der Waals surface area contributed by atoms with Gasteiger partial charge in [0.1, 0.15) is 0 Å². The SMILES string of the molecule is CCC(C)CC(N)C=C(C)C. The maximum Gasteiger partial charge on any atom is 0.0228 e. The van der Waals surface area contributed by atoms with E-state index in [1.807, 2.05) is 0 Å². The van der Waals surface area contributed by atoms with Gasteiger partial charge < -0.3 is 5.73 Å². The molecule has 0 heterocycles. The van der Waals surface area contributed by atoms with E-state index in [9.17, 15) is 0 Å². The molecule has 0 rings (SSSR count). The third-order valence-corrected chi connectivity index (χ3v) is 1.92. The Morgan fingerprint density at radius 1 is 1.45 bits per heavy atom. The molecule has 0 aliphatic rings. The molecule has 1 heteroatoms. The summed E-state index contributed by atoms with van der Waals surface area (Å²) in [5, 5.41) is 0. The van der Waals surface area contributed by atoms with Crippen LogP contribution in [0, 0.1) is 5.92 Å². The molecule has 0 aromatic rings. The summed E-state index contributed by atoms with van der Waals surface area (Å²) in [5.41, 5.74) is 7.19. The molecule has 11 heavy (non-hydrogen) atoms. The second kappa shape index (κ2) is 5.36. The van der Waals surface area contributed by atoms with Crippen molar-refractivity contribution in [2.75, 3.05) is 0 Å². The molecular weight excluding hydrogens is 134 g/mol. The lowest BCUT2D eigenvalue weighted by molar-refractivity contribution is 0.487. The zero-order valence-electron chi connectivity index (χ0n) is 8.22. The van der Waals surface area contributed by atoms with Crippen molar-refractivity contribution < 1.29 is 0 Å². The molecular formula is C10H21N. The van der Waals surface area contributed by atoms with Crippen LogP contribution in [0.3, 0.4) is 0 Å². The van der Waals surface area contributed by atoms with E-state index in [0.29, 0.717) is 0 Å². The fraction of sp³-hybridized carbons (Fsp3) is 0.800. The second-order valence-corrected chi connectivity index (χ2v) is 3.66. The van der Waals surface area contributed by atoms with E-state index in [4.69, 9.17) is 5.73 Å². The molecule has 2 N–H and O–H groups in total. The van der Waals surface area contributed by atoms with E-state index in [1.165, 1.54) is 12.0 Å². The molecule has 0 radical (unpaired) electrons. The van der Waals surface area contributed by atoms with Gasteiger partial charge in [-0.2, -0.15) is 0 Å². The van der Waals surface area contributed by atoms with Crippen LogP contribution in [0.4, 0.5) is 0 Å². The van der Waals surface area contributed by atoms with Gasteiger partial charge in [-0.25, -0.2) is 0 Å². The van der Waals surface area contributed by atoms with Gasteiger partial charge in [0.05, 0.1) is 0 Å². The van der Waals surface area contributed by atoms with E-state index in [0.717, 1.165) is 12.3 Å². The monoisotopic (exact) mass is 155 g/mol. The minimum absolute atomic E-state index is 0.259. The number of allylic oxidation sites excluding steroid dienone is 1. The van der Waals surface area contributed by atoms with E-state index >= 15 is 0 Å². The van der Waals surface area contributed by atoms with Crippen LogP contribution >= 0.6 is 0 Å². The summed E-state index contributed by atoms with van der Waals surface area (Å²) in [6.45, 7) is 8.64. The van der Waals surface area contributed by atoms with Gasteiger partial charge in [0.2, 0.25) is 0 Å². The number of nitrogens with two attached hydrogens (primary N) is 1. The predicted molar refractivity (Wildman–Crippen MR) is 51.5 cm³/mol. The zero-order chi connectivity index (χ0) is 8.85. The van der Waals surface area contributed by atoms with Crippen molar-refractivity contribution in [1.29, 1.82) is 0 Å². The highest BCUT2D eigenvalue weighted by Gasteiger charge is 2.03. The van der Waals surface area contributed by atoms with Gasteiger partial charge in [-0.05, 0) is 26.2 Å². The summed E-state index contributed by atoms with van der Waals surface area (Å²) in [6.07, 6.45) is 4.48. The molecule has 0 saturated heterocycles. The average molecular weight is 155 g/mol. The number of hydrogen-bond acceptors (Lipinski definition) is 1. The molecule has 0 fully saturated rings. The molecule has 2 atom stereocenters. The molecule has 0 saturated carbocycles. The lowest BCUT2D eigenvalue weighted by atomic mass is 9.99. The van der Waals surface area contributed by atoms with Gasteiger partial charge in [0.15, 0.2) is 0 Å². The standard InChI is InChI=1S/C10H21N/c1-5-9(4)7-10(11)6-8(2)3/h6,9-10H,5,7,11H2,1-4H3. The Bertz CT molecular complexity index is 123. The first-order valence-electron chi connectivity index (χ1n) is 4.46. The van der Waals surface area contributed by atoms with E-state index < -0.39 is 0 Å². The molecule has 1 nitrogen and oxygen atoms in total. The first-order valence-corrected chi connectivity index (χ1v) is 4.46. The summed E-state index contributed by atoms with van der Waals surface area (Å²) in [5.74, 6) is 0.751. The van der Waals surface area contributed by atoms with Crippen LogP contribution in [0.2, 0.25) is 0 Å². The summed E-state index contributed by atoms with van der Waals surface area (Å²) in [4.78, 5) is 0. The normalized spacial score (nSPS) is 15.7. The lowest BCUT2D eigenvalue weighted by Crippen LogP contribution is -2.20. The smallest absolute Gasteiger partial charge is 0.0228 e. The van der Waals surface area contributed by atoms with Crippen molar-refractivity contribution >= 4 is 0 Å². The Morgan fingerprint density at radius 2 is 2.00 bits per heavy atom. The van der Waals surface area contributed by atoms with Crippen molar-refractivity contribution in [3.05, 3.63) is 11.6 Å². The Labute approximate surface area is 70.7 Å². The highest BCUT2D eigenvalue weighted by atomic mass is 14.6. The Hall–Kier alpha value is -0.300. The Balaban J connectivity index is 3.69. The summed E-state index contributed by atoms with van der Waals surface area (Å²) < 4.78 is 0. The highest BCUT2D eigenvalue weighted by molar-refractivity contribution is 4.99. The van der Waals surface area contributed by atoms with E-state index in [1.54, 1.807) is 0 Å². The van der Waals surface area contributed by atoms with Crippen molar-refractivity contribution in [1.82, 2.24) is 0 Å². The first kappa shape index (κ1) is 10.7. The van der Waals surface area contributed by atoms with Gasteiger partial charge in [-0.1, -0.05) is 31.9 Å². The molecule has 0 aliphatic carbocycles. The van der Waals surface area contributed by atoms with Gasteiger partial charge in [-0.3, -0.25) is 0 Å². The van der Waals surface area contributed by atoms with Gasteiger partial charge in [-0.15, -0.1) is 0 Å². The van der Waals surface area contributed by atoms with Crippen LogP contribution < -0.4 is 5.73 Å². The first-order chi connectivity index (χ1) is 5.06. The highest BCUT2D eigenvalue weighted by Crippen LogP contribution is 2.09. The molecule has 0 spiro atoms. The Morgan fingerprint density at radius 3 is 2.36 bits per heavy atom. The zero-order valence-corrected chi connectivity index (χ0v) is 8.22. The lowest BCUT2D eigenvalue weighted by Gasteiger charge is -2.12. The van der Waals surface area contributed by atoms with Crippen LogP contribution in [0.1, 0.15) is 40.5 Å².